The Morgan fingerprint density at radius 3 is 2.62 bits per heavy atom. The van der Waals surface area contributed by atoms with E-state index in [0.717, 1.165) is 12.0 Å². The molecule has 1 aromatic rings. The van der Waals surface area contributed by atoms with Gasteiger partial charge in [0.2, 0.25) is 0 Å². The van der Waals surface area contributed by atoms with Crippen LogP contribution in [-0.4, -0.2) is 17.7 Å². The summed E-state index contributed by atoms with van der Waals surface area (Å²) in [7, 11) is 0. The summed E-state index contributed by atoms with van der Waals surface area (Å²) >= 11 is 0. The summed E-state index contributed by atoms with van der Waals surface area (Å²) in [5.41, 5.74) is 0.116. The highest BCUT2D eigenvalue weighted by Crippen LogP contribution is 2.19. The Morgan fingerprint density at radius 1 is 1.44 bits per heavy atom. The first kappa shape index (κ1) is 12.9. The molecule has 0 saturated carbocycles. The SMILES string of the molecule is C=CCC(C)NCC(C)(O)c1ccccc1. The van der Waals surface area contributed by atoms with Crippen LogP contribution in [0.15, 0.2) is 43.0 Å². The van der Waals surface area contributed by atoms with Crippen molar-refractivity contribution in [3.63, 3.8) is 0 Å². The molecule has 1 aromatic carbocycles. The van der Waals surface area contributed by atoms with Crippen molar-refractivity contribution in [1.29, 1.82) is 0 Å². The molecule has 0 aromatic heterocycles. The summed E-state index contributed by atoms with van der Waals surface area (Å²) in [4.78, 5) is 0. The second-order valence-electron chi connectivity index (χ2n) is 4.45. The van der Waals surface area contributed by atoms with Gasteiger partial charge in [-0.3, -0.25) is 0 Å². The van der Waals surface area contributed by atoms with Gasteiger partial charge < -0.3 is 10.4 Å². The Labute approximate surface area is 98.0 Å². The average Bonchev–Trinajstić information content (AvgIpc) is 2.28. The fourth-order valence-electron chi connectivity index (χ4n) is 1.61. The molecular formula is C14H21NO. The highest BCUT2D eigenvalue weighted by Gasteiger charge is 2.22. The van der Waals surface area contributed by atoms with Crippen LogP contribution in [0.3, 0.4) is 0 Å². The molecular weight excluding hydrogens is 198 g/mol. The lowest BCUT2D eigenvalue weighted by Gasteiger charge is -2.26. The van der Waals surface area contributed by atoms with Gasteiger partial charge in [-0.25, -0.2) is 0 Å². The maximum Gasteiger partial charge on any atom is 0.0992 e. The van der Waals surface area contributed by atoms with Gasteiger partial charge in [0.1, 0.15) is 0 Å². The van der Waals surface area contributed by atoms with Crippen molar-refractivity contribution in [2.75, 3.05) is 6.54 Å². The third-order valence-corrected chi connectivity index (χ3v) is 2.71. The van der Waals surface area contributed by atoms with E-state index in [-0.39, 0.29) is 0 Å². The first-order valence-corrected chi connectivity index (χ1v) is 5.68. The summed E-state index contributed by atoms with van der Waals surface area (Å²) < 4.78 is 0. The molecule has 2 nitrogen and oxygen atoms in total. The molecule has 88 valence electrons. The molecule has 2 N–H and O–H groups in total. The topological polar surface area (TPSA) is 32.3 Å². The highest BCUT2D eigenvalue weighted by atomic mass is 16.3. The van der Waals surface area contributed by atoms with Crippen LogP contribution in [0.4, 0.5) is 0 Å². The first-order valence-electron chi connectivity index (χ1n) is 5.68. The third-order valence-electron chi connectivity index (χ3n) is 2.71. The van der Waals surface area contributed by atoms with Crippen LogP contribution < -0.4 is 5.32 Å². The summed E-state index contributed by atoms with van der Waals surface area (Å²) in [6.07, 6.45) is 2.79. The second kappa shape index (κ2) is 5.83. The van der Waals surface area contributed by atoms with Gasteiger partial charge in [0.15, 0.2) is 0 Å². The minimum atomic E-state index is -0.823. The van der Waals surface area contributed by atoms with E-state index >= 15 is 0 Å². The zero-order valence-electron chi connectivity index (χ0n) is 10.1. The molecule has 0 fully saturated rings. The fraction of sp³-hybridized carbons (Fsp3) is 0.429. The second-order valence-corrected chi connectivity index (χ2v) is 4.45. The molecule has 0 radical (unpaired) electrons. The van der Waals surface area contributed by atoms with Crippen LogP contribution in [-0.2, 0) is 5.60 Å². The molecule has 16 heavy (non-hydrogen) atoms. The normalized spacial score (nSPS) is 16.4. The van der Waals surface area contributed by atoms with Crippen LogP contribution in [0.25, 0.3) is 0 Å². The van der Waals surface area contributed by atoms with Gasteiger partial charge in [0.25, 0.3) is 0 Å². The molecule has 0 spiro atoms. The summed E-state index contributed by atoms with van der Waals surface area (Å²) in [6.45, 7) is 8.16. The predicted molar refractivity (Wildman–Crippen MR) is 68.3 cm³/mol. The number of rotatable bonds is 6. The van der Waals surface area contributed by atoms with Crippen molar-refractivity contribution in [2.45, 2.75) is 31.9 Å². The maximum atomic E-state index is 10.3. The van der Waals surface area contributed by atoms with Crippen molar-refractivity contribution >= 4 is 0 Å². The van der Waals surface area contributed by atoms with Gasteiger partial charge in [0.05, 0.1) is 5.60 Å². The van der Waals surface area contributed by atoms with Gasteiger partial charge in [-0.2, -0.15) is 0 Å². The van der Waals surface area contributed by atoms with Crippen LogP contribution in [0.1, 0.15) is 25.8 Å². The highest BCUT2D eigenvalue weighted by molar-refractivity contribution is 5.21. The van der Waals surface area contributed by atoms with Gasteiger partial charge in [-0.05, 0) is 25.8 Å². The summed E-state index contributed by atoms with van der Waals surface area (Å²) in [6, 6.07) is 10.1. The number of aliphatic hydroxyl groups is 1. The third kappa shape index (κ3) is 3.80. The average molecular weight is 219 g/mol. The van der Waals surface area contributed by atoms with Gasteiger partial charge in [-0.15, -0.1) is 6.58 Å². The van der Waals surface area contributed by atoms with E-state index in [1.165, 1.54) is 0 Å². The van der Waals surface area contributed by atoms with Gasteiger partial charge >= 0.3 is 0 Å². The van der Waals surface area contributed by atoms with Gasteiger partial charge in [-0.1, -0.05) is 36.4 Å². The first-order chi connectivity index (χ1) is 7.56. The molecule has 0 aliphatic heterocycles. The van der Waals surface area contributed by atoms with Crippen LogP contribution in [0.2, 0.25) is 0 Å². The zero-order chi connectivity index (χ0) is 12.0. The number of hydrogen-bond donors (Lipinski definition) is 2. The molecule has 0 bridgehead atoms. The lowest BCUT2D eigenvalue weighted by atomic mass is 9.96. The van der Waals surface area contributed by atoms with E-state index in [9.17, 15) is 5.11 Å². The minimum absolute atomic E-state index is 0.340. The molecule has 2 heteroatoms. The molecule has 0 saturated heterocycles. The standard InChI is InChI=1S/C14H21NO/c1-4-8-12(2)15-11-14(3,16)13-9-6-5-7-10-13/h4-7,9-10,12,15-16H,1,8,11H2,2-3H3. The maximum absolute atomic E-state index is 10.3. The Morgan fingerprint density at radius 2 is 2.06 bits per heavy atom. The van der Waals surface area contributed by atoms with E-state index in [0.29, 0.717) is 12.6 Å². The molecule has 0 heterocycles. The molecule has 1 rings (SSSR count). The quantitative estimate of drug-likeness (QED) is 0.720. The summed E-state index contributed by atoms with van der Waals surface area (Å²) in [5.74, 6) is 0. The number of benzene rings is 1. The van der Waals surface area contributed by atoms with Crippen LogP contribution in [0.5, 0.6) is 0 Å². The van der Waals surface area contributed by atoms with Crippen molar-refractivity contribution in [1.82, 2.24) is 5.32 Å². The number of hydrogen-bond acceptors (Lipinski definition) is 2. The lowest BCUT2D eigenvalue weighted by molar-refractivity contribution is 0.0545. The van der Waals surface area contributed by atoms with Crippen molar-refractivity contribution in [2.24, 2.45) is 0 Å². The van der Waals surface area contributed by atoms with E-state index in [1.807, 2.05) is 43.3 Å². The van der Waals surface area contributed by atoms with E-state index in [2.05, 4.69) is 18.8 Å². The van der Waals surface area contributed by atoms with Crippen LogP contribution >= 0.6 is 0 Å². The molecule has 2 unspecified atom stereocenters. The molecule has 0 aliphatic rings. The Bertz CT molecular complexity index is 319. The Kier molecular flexibility index (Phi) is 4.71. The molecule has 2 atom stereocenters. The van der Waals surface area contributed by atoms with Crippen LogP contribution in [0, 0.1) is 0 Å². The Balaban J connectivity index is 2.55. The summed E-state index contributed by atoms with van der Waals surface area (Å²) in [5, 5.41) is 13.6. The molecule has 0 aliphatic carbocycles. The van der Waals surface area contributed by atoms with Crippen molar-refractivity contribution < 1.29 is 5.11 Å². The largest absolute Gasteiger partial charge is 0.384 e. The lowest BCUT2D eigenvalue weighted by Crippen LogP contribution is -2.39. The van der Waals surface area contributed by atoms with Gasteiger partial charge in [0, 0.05) is 12.6 Å². The van der Waals surface area contributed by atoms with E-state index in [1.54, 1.807) is 0 Å². The number of nitrogens with one attached hydrogen (secondary N) is 1. The Hall–Kier alpha value is -1.12. The smallest absolute Gasteiger partial charge is 0.0992 e. The minimum Gasteiger partial charge on any atom is -0.384 e. The zero-order valence-corrected chi connectivity index (χ0v) is 10.1. The van der Waals surface area contributed by atoms with Crippen molar-refractivity contribution in [3.8, 4) is 0 Å². The van der Waals surface area contributed by atoms with E-state index in [4.69, 9.17) is 0 Å². The fourth-order valence-corrected chi connectivity index (χ4v) is 1.61. The molecule has 0 amide bonds. The van der Waals surface area contributed by atoms with E-state index < -0.39 is 5.60 Å². The van der Waals surface area contributed by atoms with Crippen molar-refractivity contribution in [3.05, 3.63) is 48.6 Å². The monoisotopic (exact) mass is 219 g/mol. The predicted octanol–water partition coefficient (Wildman–Crippen LogP) is 2.45.